The van der Waals surface area contributed by atoms with Gasteiger partial charge in [-0.05, 0) is 49.0 Å². The lowest BCUT2D eigenvalue weighted by Crippen LogP contribution is -2.55. The number of allylic oxidation sites excluding steroid dienone is 8. The quantitative estimate of drug-likeness (QED) is 0.411. The van der Waals surface area contributed by atoms with Crippen LogP contribution in [0.4, 0.5) is 0 Å². The second kappa shape index (κ2) is 13.2. The number of benzene rings is 1. The molecule has 4 rings (SSSR count). The van der Waals surface area contributed by atoms with E-state index >= 15 is 0 Å². The van der Waals surface area contributed by atoms with Gasteiger partial charge in [0.05, 0.1) is 0 Å². The van der Waals surface area contributed by atoms with E-state index in [2.05, 4.69) is 97.4 Å². The molecule has 198 valence electrons. The normalized spacial score (nSPS) is 28.9. The third-order valence-corrected chi connectivity index (χ3v) is 8.70. The fourth-order valence-corrected chi connectivity index (χ4v) is 6.15. The average Bonchev–Trinajstić information content (AvgIpc) is 2.90. The number of nitrogens with two attached hydrogens (primary N) is 1. The van der Waals surface area contributed by atoms with Gasteiger partial charge in [0, 0.05) is 43.8 Å². The summed E-state index contributed by atoms with van der Waals surface area (Å²) in [6, 6.07) is 12.0. The average molecular weight is 500 g/mol. The third-order valence-electron chi connectivity index (χ3n) is 8.70. The van der Waals surface area contributed by atoms with Crippen molar-refractivity contribution in [2.75, 3.05) is 26.2 Å². The maximum absolute atomic E-state index is 11.8. The number of primary amides is 1. The summed E-state index contributed by atoms with van der Waals surface area (Å²) in [5.74, 6) is 1.07. The van der Waals surface area contributed by atoms with Crippen molar-refractivity contribution < 1.29 is 4.79 Å². The molecular formula is C33H45N3O. The summed E-state index contributed by atoms with van der Waals surface area (Å²) < 4.78 is 0. The van der Waals surface area contributed by atoms with Crippen LogP contribution in [0.1, 0.15) is 58.1 Å². The molecule has 1 amide bonds. The highest BCUT2D eigenvalue weighted by Gasteiger charge is 2.36. The van der Waals surface area contributed by atoms with Crippen molar-refractivity contribution in [3.8, 4) is 0 Å². The van der Waals surface area contributed by atoms with Gasteiger partial charge in [0.25, 0.3) is 0 Å². The summed E-state index contributed by atoms with van der Waals surface area (Å²) in [4.78, 5) is 17.2. The first-order valence-corrected chi connectivity index (χ1v) is 14.2. The molecule has 1 heterocycles. The second-order valence-electron chi connectivity index (χ2n) is 11.2. The number of carbonyl (C=O) groups excluding carboxylic acids is 1. The first-order chi connectivity index (χ1) is 18.0. The smallest absolute Gasteiger partial charge is 0.244 e. The summed E-state index contributed by atoms with van der Waals surface area (Å²) in [6.07, 6.45) is 21.4. The molecule has 1 fully saturated rings. The number of carbonyl (C=O) groups is 1. The minimum absolute atomic E-state index is 0.284. The van der Waals surface area contributed by atoms with Crippen molar-refractivity contribution in [3.63, 3.8) is 0 Å². The second-order valence-corrected chi connectivity index (χ2v) is 11.2. The zero-order valence-corrected chi connectivity index (χ0v) is 22.9. The van der Waals surface area contributed by atoms with Gasteiger partial charge in [0.15, 0.2) is 0 Å². The third kappa shape index (κ3) is 7.21. The van der Waals surface area contributed by atoms with Crippen LogP contribution in [0.25, 0.3) is 0 Å². The monoisotopic (exact) mass is 499 g/mol. The molecule has 2 N–H and O–H groups in total. The lowest BCUT2D eigenvalue weighted by atomic mass is 9.78. The minimum atomic E-state index is -0.284. The Balaban J connectivity index is 1.49. The molecule has 1 aromatic rings. The maximum Gasteiger partial charge on any atom is 0.244 e. The molecule has 0 aromatic heterocycles. The van der Waals surface area contributed by atoms with Crippen LogP contribution in [-0.2, 0) is 4.79 Å². The maximum atomic E-state index is 11.8. The lowest BCUT2D eigenvalue weighted by molar-refractivity contribution is -0.114. The van der Waals surface area contributed by atoms with E-state index in [0.29, 0.717) is 29.8 Å². The Morgan fingerprint density at radius 3 is 2.59 bits per heavy atom. The zero-order valence-electron chi connectivity index (χ0n) is 22.9. The van der Waals surface area contributed by atoms with E-state index in [1.807, 2.05) is 12.2 Å². The summed E-state index contributed by atoms with van der Waals surface area (Å²) in [7, 11) is 0. The summed E-state index contributed by atoms with van der Waals surface area (Å²) in [5, 5.41) is 0. The van der Waals surface area contributed by atoms with Crippen LogP contribution in [0.15, 0.2) is 90.1 Å². The van der Waals surface area contributed by atoms with Crippen LogP contribution in [0.3, 0.4) is 0 Å². The van der Waals surface area contributed by atoms with Crippen LogP contribution in [-0.4, -0.2) is 47.9 Å². The van der Waals surface area contributed by atoms with E-state index in [1.54, 1.807) is 0 Å². The lowest BCUT2D eigenvalue weighted by Gasteiger charge is -2.48. The highest BCUT2D eigenvalue weighted by Crippen LogP contribution is 2.34. The molecule has 0 bridgehead atoms. The predicted molar refractivity (Wildman–Crippen MR) is 155 cm³/mol. The van der Waals surface area contributed by atoms with Crippen molar-refractivity contribution in [1.29, 1.82) is 0 Å². The molecule has 37 heavy (non-hydrogen) atoms. The van der Waals surface area contributed by atoms with Crippen LogP contribution in [0, 0.1) is 17.8 Å². The van der Waals surface area contributed by atoms with Crippen LogP contribution >= 0.6 is 0 Å². The number of rotatable bonds is 9. The van der Waals surface area contributed by atoms with Crippen molar-refractivity contribution >= 4 is 5.91 Å². The topological polar surface area (TPSA) is 49.6 Å². The predicted octanol–water partition coefficient (Wildman–Crippen LogP) is 6.22. The molecule has 4 heteroatoms. The van der Waals surface area contributed by atoms with Crippen LogP contribution in [0.5, 0.6) is 0 Å². The Kier molecular flexibility index (Phi) is 9.76. The molecule has 0 radical (unpaired) electrons. The fourth-order valence-electron chi connectivity index (χ4n) is 6.15. The van der Waals surface area contributed by atoms with E-state index in [-0.39, 0.29) is 5.91 Å². The Morgan fingerprint density at radius 2 is 1.84 bits per heavy atom. The molecule has 0 saturated carbocycles. The Labute approximate surface area is 224 Å². The zero-order chi connectivity index (χ0) is 26.2. The largest absolute Gasteiger partial charge is 0.366 e. The van der Waals surface area contributed by atoms with E-state index < -0.39 is 0 Å². The summed E-state index contributed by atoms with van der Waals surface area (Å²) in [5.41, 5.74) is 9.28. The number of hydrogen-bond donors (Lipinski definition) is 1. The van der Waals surface area contributed by atoms with Crippen molar-refractivity contribution in [3.05, 3.63) is 95.6 Å². The molecule has 1 saturated heterocycles. The highest BCUT2D eigenvalue weighted by atomic mass is 16.1. The van der Waals surface area contributed by atoms with E-state index in [1.165, 1.54) is 11.1 Å². The van der Waals surface area contributed by atoms with Gasteiger partial charge in [-0.2, -0.15) is 0 Å². The van der Waals surface area contributed by atoms with Gasteiger partial charge in [0.2, 0.25) is 5.91 Å². The minimum Gasteiger partial charge on any atom is -0.366 e. The van der Waals surface area contributed by atoms with Crippen LogP contribution < -0.4 is 5.73 Å². The van der Waals surface area contributed by atoms with E-state index in [4.69, 9.17) is 5.73 Å². The summed E-state index contributed by atoms with van der Waals surface area (Å²) >= 11 is 0. The molecule has 0 spiro atoms. The fraction of sp³-hybridized carbons (Fsp3) is 0.485. The Morgan fingerprint density at radius 1 is 1.05 bits per heavy atom. The molecule has 3 unspecified atom stereocenters. The number of piperazine rings is 1. The van der Waals surface area contributed by atoms with Crippen LogP contribution in [0.2, 0.25) is 0 Å². The van der Waals surface area contributed by atoms with Crippen molar-refractivity contribution in [2.24, 2.45) is 23.5 Å². The van der Waals surface area contributed by atoms with Gasteiger partial charge in [-0.15, -0.1) is 0 Å². The molecule has 1 aliphatic heterocycles. The van der Waals surface area contributed by atoms with Gasteiger partial charge >= 0.3 is 0 Å². The standard InChI is InChI=1S/C33H45N3O/c1-4-31-23-36(22-27-14-9-6-5-7-10-15-27)32(28-16-11-8-12-17-28)24-35(31)21-25(2)26(3)29-18-13-19-30(20-29)33(34)37/h5-9,11-13,15-19,25-26,29,31-32H,4,10,14,20-24H2,1-3H3,(H2,34,37)/b7-5?,9-6-,27-15+/t25?,26-,29?,31?,32+/m0/s1. The van der Waals surface area contributed by atoms with Gasteiger partial charge in [-0.3, -0.25) is 14.6 Å². The first-order valence-electron chi connectivity index (χ1n) is 14.2. The molecule has 2 aliphatic carbocycles. The number of amides is 1. The van der Waals surface area contributed by atoms with Gasteiger partial charge in [-0.25, -0.2) is 0 Å². The van der Waals surface area contributed by atoms with Gasteiger partial charge in [0.1, 0.15) is 0 Å². The van der Waals surface area contributed by atoms with Crippen molar-refractivity contribution in [2.45, 2.75) is 58.5 Å². The van der Waals surface area contributed by atoms with Crippen molar-refractivity contribution in [1.82, 2.24) is 9.80 Å². The SMILES string of the molecule is CCC1CN(C/C2=C/CC=C/C=C\C2)[C@@H](c2ccccc2)CN1CC(C)[C@H](C)C1C=CC=C(C(N)=O)C1. The number of nitrogens with zero attached hydrogens (tertiary/aromatic N) is 2. The highest BCUT2D eigenvalue weighted by molar-refractivity contribution is 5.92. The van der Waals surface area contributed by atoms with E-state index in [9.17, 15) is 4.79 Å². The molecule has 4 nitrogen and oxygen atoms in total. The molecular weight excluding hydrogens is 454 g/mol. The Bertz CT molecular complexity index is 1050. The molecule has 1 aromatic carbocycles. The van der Waals surface area contributed by atoms with E-state index in [0.717, 1.165) is 57.4 Å². The molecule has 5 atom stereocenters. The first kappa shape index (κ1) is 27.3. The van der Waals surface area contributed by atoms with Gasteiger partial charge < -0.3 is 5.73 Å². The van der Waals surface area contributed by atoms with Gasteiger partial charge in [-0.1, -0.05) is 105 Å². The molecule has 3 aliphatic rings. The number of hydrogen-bond acceptors (Lipinski definition) is 3. The summed E-state index contributed by atoms with van der Waals surface area (Å²) in [6.45, 7) is 11.3. The Hall–Kier alpha value is -2.69.